The van der Waals surface area contributed by atoms with E-state index in [-0.39, 0.29) is 11.1 Å². The van der Waals surface area contributed by atoms with E-state index in [1.807, 2.05) is 37.3 Å². The van der Waals surface area contributed by atoms with E-state index in [9.17, 15) is 9.59 Å². The van der Waals surface area contributed by atoms with Crippen LogP contribution in [0.15, 0.2) is 71.6 Å². The minimum Gasteiger partial charge on any atom is -0.493 e. The summed E-state index contributed by atoms with van der Waals surface area (Å²) in [5, 5.41) is 0.00793. The standard InChI is InChI=1S/C25H20ClNO4S/c1-16-8-10-17(11-9-16)15-31-23-20(26)12-18(13-21(23)30-2)14-22-24(28)27(25(29)32-22)19-6-4-3-5-7-19/h3-14H,15H2,1-2H3/b22-14-. The molecule has 3 aromatic carbocycles. The van der Waals surface area contributed by atoms with Crippen LogP contribution in [0.2, 0.25) is 5.02 Å². The number of aryl methyl sites for hydroxylation is 1. The Hall–Kier alpha value is -3.22. The number of rotatable bonds is 6. The van der Waals surface area contributed by atoms with Crippen molar-refractivity contribution >= 4 is 46.3 Å². The Morgan fingerprint density at radius 1 is 1.03 bits per heavy atom. The summed E-state index contributed by atoms with van der Waals surface area (Å²) in [6.07, 6.45) is 1.63. The lowest BCUT2D eigenvalue weighted by Crippen LogP contribution is -2.27. The molecule has 0 N–H and O–H groups in total. The molecule has 3 aromatic rings. The number of benzene rings is 3. The van der Waals surface area contributed by atoms with E-state index < -0.39 is 0 Å². The lowest BCUT2D eigenvalue weighted by molar-refractivity contribution is -0.113. The van der Waals surface area contributed by atoms with Gasteiger partial charge in [0, 0.05) is 0 Å². The third-order valence-corrected chi connectivity index (χ3v) is 6.01. The molecule has 0 saturated carbocycles. The zero-order chi connectivity index (χ0) is 22.7. The van der Waals surface area contributed by atoms with E-state index >= 15 is 0 Å². The predicted octanol–water partition coefficient (Wildman–Crippen LogP) is 6.48. The van der Waals surface area contributed by atoms with Crippen LogP contribution in [0, 0.1) is 6.92 Å². The molecule has 2 amide bonds. The third kappa shape index (κ3) is 4.66. The highest BCUT2D eigenvalue weighted by atomic mass is 35.5. The quantitative estimate of drug-likeness (QED) is 0.390. The van der Waals surface area contributed by atoms with Gasteiger partial charge in [0.2, 0.25) is 0 Å². The van der Waals surface area contributed by atoms with Gasteiger partial charge in [-0.1, -0.05) is 59.6 Å². The number of hydrogen-bond acceptors (Lipinski definition) is 5. The van der Waals surface area contributed by atoms with Crippen molar-refractivity contribution in [2.24, 2.45) is 0 Å². The van der Waals surface area contributed by atoms with Crippen LogP contribution in [0.3, 0.4) is 0 Å². The minimum absolute atomic E-state index is 0.310. The fourth-order valence-corrected chi connectivity index (χ4v) is 4.34. The molecule has 5 nitrogen and oxygen atoms in total. The topological polar surface area (TPSA) is 55.8 Å². The van der Waals surface area contributed by atoms with Gasteiger partial charge in [-0.3, -0.25) is 9.59 Å². The van der Waals surface area contributed by atoms with Gasteiger partial charge in [-0.2, -0.15) is 0 Å². The molecule has 7 heteroatoms. The van der Waals surface area contributed by atoms with Crippen molar-refractivity contribution in [3.05, 3.63) is 93.3 Å². The Morgan fingerprint density at radius 3 is 2.44 bits per heavy atom. The number of anilines is 1. The fourth-order valence-electron chi connectivity index (χ4n) is 3.22. The number of carbonyl (C=O) groups is 2. The molecule has 0 atom stereocenters. The van der Waals surface area contributed by atoms with Crippen molar-refractivity contribution in [2.75, 3.05) is 12.0 Å². The van der Waals surface area contributed by atoms with Gasteiger partial charge in [0.1, 0.15) is 6.61 Å². The Morgan fingerprint density at radius 2 is 1.75 bits per heavy atom. The van der Waals surface area contributed by atoms with E-state index in [1.54, 1.807) is 42.5 Å². The number of nitrogens with zero attached hydrogens (tertiary/aromatic N) is 1. The second kappa shape index (κ2) is 9.51. The maximum Gasteiger partial charge on any atom is 0.298 e. The van der Waals surface area contributed by atoms with E-state index in [0.29, 0.717) is 39.3 Å². The lowest BCUT2D eigenvalue weighted by atomic mass is 10.1. The number of para-hydroxylation sites is 1. The van der Waals surface area contributed by atoms with Gasteiger partial charge in [0.05, 0.1) is 22.7 Å². The summed E-state index contributed by atoms with van der Waals surface area (Å²) < 4.78 is 11.4. The summed E-state index contributed by atoms with van der Waals surface area (Å²) >= 11 is 7.36. The zero-order valence-corrected chi connectivity index (χ0v) is 19.1. The van der Waals surface area contributed by atoms with Crippen molar-refractivity contribution in [3.63, 3.8) is 0 Å². The van der Waals surface area contributed by atoms with Crippen molar-refractivity contribution in [1.82, 2.24) is 0 Å². The molecule has 4 rings (SSSR count). The highest BCUT2D eigenvalue weighted by Crippen LogP contribution is 2.40. The van der Waals surface area contributed by atoms with Crippen LogP contribution in [0.4, 0.5) is 10.5 Å². The fraction of sp³-hybridized carbons (Fsp3) is 0.120. The monoisotopic (exact) mass is 465 g/mol. The van der Waals surface area contributed by atoms with E-state index in [2.05, 4.69) is 0 Å². The average molecular weight is 466 g/mol. The summed E-state index contributed by atoms with van der Waals surface area (Å²) in [5.74, 6) is 0.489. The second-order valence-electron chi connectivity index (χ2n) is 7.16. The molecule has 0 bridgehead atoms. The summed E-state index contributed by atoms with van der Waals surface area (Å²) in [6, 6.07) is 20.3. The molecule has 1 heterocycles. The molecule has 1 aliphatic rings. The van der Waals surface area contributed by atoms with Crippen molar-refractivity contribution in [1.29, 1.82) is 0 Å². The molecule has 32 heavy (non-hydrogen) atoms. The molecule has 0 unspecified atom stereocenters. The van der Waals surface area contributed by atoms with Crippen LogP contribution in [0.25, 0.3) is 6.08 Å². The normalized spacial score (nSPS) is 14.8. The van der Waals surface area contributed by atoms with Crippen LogP contribution in [-0.2, 0) is 11.4 Å². The number of thioether (sulfide) groups is 1. The van der Waals surface area contributed by atoms with E-state index in [0.717, 1.165) is 22.2 Å². The number of ether oxygens (including phenoxy) is 2. The van der Waals surface area contributed by atoms with Gasteiger partial charge in [-0.25, -0.2) is 4.90 Å². The Bertz CT molecular complexity index is 1190. The van der Waals surface area contributed by atoms with Gasteiger partial charge in [0.25, 0.3) is 11.1 Å². The molecular formula is C25H20ClNO4S. The largest absolute Gasteiger partial charge is 0.493 e. The summed E-state index contributed by atoms with van der Waals surface area (Å²) in [6.45, 7) is 2.36. The highest BCUT2D eigenvalue weighted by molar-refractivity contribution is 8.19. The highest BCUT2D eigenvalue weighted by Gasteiger charge is 2.36. The van der Waals surface area contributed by atoms with Gasteiger partial charge in [-0.05, 0) is 60.2 Å². The molecule has 1 fully saturated rings. The van der Waals surface area contributed by atoms with Crippen molar-refractivity contribution in [2.45, 2.75) is 13.5 Å². The van der Waals surface area contributed by atoms with Crippen molar-refractivity contribution < 1.29 is 19.1 Å². The molecule has 0 aromatic heterocycles. The maximum atomic E-state index is 12.8. The number of halogens is 1. The van der Waals surface area contributed by atoms with Crippen LogP contribution in [-0.4, -0.2) is 18.3 Å². The zero-order valence-electron chi connectivity index (χ0n) is 17.5. The molecule has 1 aliphatic heterocycles. The minimum atomic E-state index is -0.374. The van der Waals surface area contributed by atoms with Crippen LogP contribution >= 0.6 is 23.4 Å². The van der Waals surface area contributed by atoms with Crippen LogP contribution in [0.5, 0.6) is 11.5 Å². The summed E-state index contributed by atoms with van der Waals surface area (Å²) in [4.78, 5) is 26.7. The number of methoxy groups -OCH3 is 1. The number of carbonyl (C=O) groups excluding carboxylic acids is 2. The molecule has 1 saturated heterocycles. The first-order valence-electron chi connectivity index (χ1n) is 9.85. The Labute approximate surface area is 195 Å². The summed E-state index contributed by atoms with van der Waals surface area (Å²) in [5.41, 5.74) is 3.35. The van der Waals surface area contributed by atoms with Gasteiger partial charge in [-0.15, -0.1) is 0 Å². The lowest BCUT2D eigenvalue weighted by Gasteiger charge is -2.14. The van der Waals surface area contributed by atoms with Crippen molar-refractivity contribution in [3.8, 4) is 11.5 Å². The molecule has 0 aliphatic carbocycles. The first-order valence-corrected chi connectivity index (χ1v) is 11.0. The molecule has 0 radical (unpaired) electrons. The third-order valence-electron chi connectivity index (χ3n) is 4.86. The molecule has 162 valence electrons. The number of amides is 2. The summed E-state index contributed by atoms with van der Waals surface area (Å²) in [7, 11) is 1.53. The number of hydrogen-bond donors (Lipinski definition) is 0. The number of imide groups is 1. The second-order valence-corrected chi connectivity index (χ2v) is 8.56. The SMILES string of the molecule is COc1cc(/C=C2\SC(=O)N(c3ccccc3)C2=O)cc(Cl)c1OCc1ccc(C)cc1. The smallest absolute Gasteiger partial charge is 0.298 e. The van der Waals surface area contributed by atoms with Gasteiger partial charge < -0.3 is 9.47 Å². The average Bonchev–Trinajstić information content (AvgIpc) is 3.07. The Kier molecular flexibility index (Phi) is 6.53. The molecule has 0 spiro atoms. The maximum absolute atomic E-state index is 12.8. The van der Waals surface area contributed by atoms with Crippen LogP contribution in [0.1, 0.15) is 16.7 Å². The van der Waals surface area contributed by atoms with E-state index in [4.69, 9.17) is 21.1 Å². The first kappa shape index (κ1) is 22.0. The Balaban J connectivity index is 1.57. The first-order chi connectivity index (χ1) is 15.5. The van der Waals surface area contributed by atoms with Gasteiger partial charge in [0.15, 0.2) is 11.5 Å². The predicted molar refractivity (Wildman–Crippen MR) is 128 cm³/mol. The molecular weight excluding hydrogens is 446 g/mol. The van der Waals surface area contributed by atoms with E-state index in [1.165, 1.54) is 12.7 Å². The van der Waals surface area contributed by atoms with Gasteiger partial charge >= 0.3 is 0 Å². The van der Waals surface area contributed by atoms with Crippen LogP contribution < -0.4 is 14.4 Å².